The van der Waals surface area contributed by atoms with Gasteiger partial charge in [0.2, 0.25) is 0 Å². The van der Waals surface area contributed by atoms with Crippen LogP contribution in [0.5, 0.6) is 5.75 Å². The van der Waals surface area contributed by atoms with Crippen LogP contribution in [0, 0.1) is 6.92 Å². The molecular weight excluding hydrogens is 368 g/mol. The zero-order valence-electron chi connectivity index (χ0n) is 14.0. The molecule has 1 saturated heterocycles. The Balaban J connectivity index is 1.86. The molecule has 132 valence electrons. The van der Waals surface area contributed by atoms with E-state index in [9.17, 15) is 5.11 Å². The quantitative estimate of drug-likeness (QED) is 0.589. The maximum atomic E-state index is 10.4. The summed E-state index contributed by atoms with van der Waals surface area (Å²) in [6.45, 7) is 2.00. The van der Waals surface area contributed by atoms with Gasteiger partial charge < -0.3 is 20.3 Å². The molecule has 4 rings (SSSR count). The van der Waals surface area contributed by atoms with Crippen molar-refractivity contribution in [2.75, 3.05) is 4.90 Å². The van der Waals surface area contributed by atoms with Gasteiger partial charge in [0, 0.05) is 22.6 Å². The number of nitrogens with one attached hydrogen (secondary N) is 2. The van der Waals surface area contributed by atoms with Crippen LogP contribution in [0.1, 0.15) is 29.2 Å². The van der Waals surface area contributed by atoms with Gasteiger partial charge in [-0.1, -0.05) is 17.7 Å². The second kappa shape index (κ2) is 6.63. The fourth-order valence-corrected chi connectivity index (χ4v) is 3.82. The predicted molar refractivity (Wildman–Crippen MR) is 107 cm³/mol. The van der Waals surface area contributed by atoms with Crippen molar-refractivity contribution in [1.29, 1.82) is 0 Å². The van der Waals surface area contributed by atoms with E-state index in [1.54, 1.807) is 24.4 Å². The van der Waals surface area contributed by atoms with Gasteiger partial charge in [0.25, 0.3) is 0 Å². The number of halogens is 1. The minimum Gasteiger partial charge on any atom is -0.506 e. The summed E-state index contributed by atoms with van der Waals surface area (Å²) >= 11 is 11.8. The molecule has 0 spiro atoms. The second-order valence-corrected chi connectivity index (χ2v) is 7.05. The molecule has 0 unspecified atom stereocenters. The number of hydrogen-bond acceptors (Lipinski definition) is 3. The van der Waals surface area contributed by atoms with E-state index in [-0.39, 0.29) is 17.8 Å². The van der Waals surface area contributed by atoms with Gasteiger partial charge in [-0.05, 0) is 61.6 Å². The predicted octanol–water partition coefficient (Wildman–Crippen LogP) is 4.25. The smallest absolute Gasteiger partial charge is 0.174 e. The first-order valence-electron chi connectivity index (χ1n) is 8.19. The molecule has 3 heterocycles. The van der Waals surface area contributed by atoms with Crippen molar-refractivity contribution >= 4 is 34.6 Å². The number of hydrogen-bond donors (Lipinski definition) is 3. The number of aromatic hydroxyl groups is 1. The SMILES string of the molecule is Cc1ccc([C@H]2[C@H](c3ccccn3)NC(=S)N2c2cc(Cl)ccc2O)[nH]1. The van der Waals surface area contributed by atoms with Crippen LogP contribution >= 0.6 is 23.8 Å². The number of pyridine rings is 1. The van der Waals surface area contributed by atoms with E-state index in [2.05, 4.69) is 15.3 Å². The van der Waals surface area contributed by atoms with Crippen LogP contribution in [0.4, 0.5) is 5.69 Å². The molecule has 26 heavy (non-hydrogen) atoms. The van der Waals surface area contributed by atoms with Gasteiger partial charge in [-0.3, -0.25) is 4.98 Å². The van der Waals surface area contributed by atoms with Gasteiger partial charge in [0.1, 0.15) is 11.8 Å². The molecule has 2 aromatic heterocycles. The summed E-state index contributed by atoms with van der Waals surface area (Å²) < 4.78 is 0. The first-order chi connectivity index (χ1) is 12.5. The molecule has 3 aromatic rings. The number of anilines is 1. The van der Waals surface area contributed by atoms with Crippen LogP contribution in [0.2, 0.25) is 5.02 Å². The molecule has 0 aliphatic carbocycles. The molecule has 1 fully saturated rings. The normalized spacial score (nSPS) is 19.6. The molecule has 1 aromatic carbocycles. The Morgan fingerprint density at radius 2 is 2.04 bits per heavy atom. The summed E-state index contributed by atoms with van der Waals surface area (Å²) in [6.07, 6.45) is 1.76. The maximum absolute atomic E-state index is 10.4. The molecule has 1 aliphatic rings. The molecule has 0 radical (unpaired) electrons. The van der Waals surface area contributed by atoms with Crippen LogP contribution in [-0.4, -0.2) is 20.2 Å². The third-order valence-corrected chi connectivity index (χ3v) is 5.02. The summed E-state index contributed by atoms with van der Waals surface area (Å²) in [4.78, 5) is 9.77. The van der Waals surface area contributed by atoms with Crippen molar-refractivity contribution in [1.82, 2.24) is 15.3 Å². The van der Waals surface area contributed by atoms with Crippen molar-refractivity contribution < 1.29 is 5.11 Å². The summed E-state index contributed by atoms with van der Waals surface area (Å²) in [5.41, 5.74) is 3.46. The van der Waals surface area contributed by atoms with E-state index in [4.69, 9.17) is 23.8 Å². The van der Waals surface area contributed by atoms with Crippen molar-refractivity contribution in [2.45, 2.75) is 19.0 Å². The molecular formula is C19H17ClN4OS. The Morgan fingerprint density at radius 3 is 2.73 bits per heavy atom. The van der Waals surface area contributed by atoms with Gasteiger partial charge in [-0.25, -0.2) is 0 Å². The highest BCUT2D eigenvalue weighted by Crippen LogP contribution is 2.44. The van der Waals surface area contributed by atoms with Gasteiger partial charge in [-0.2, -0.15) is 0 Å². The minimum absolute atomic E-state index is 0.119. The first kappa shape index (κ1) is 16.9. The van der Waals surface area contributed by atoms with Crippen LogP contribution in [-0.2, 0) is 0 Å². The number of aryl methyl sites for hydroxylation is 1. The lowest BCUT2D eigenvalue weighted by atomic mass is 10.0. The van der Waals surface area contributed by atoms with E-state index in [0.717, 1.165) is 17.1 Å². The third kappa shape index (κ3) is 2.91. The van der Waals surface area contributed by atoms with Crippen LogP contribution < -0.4 is 10.2 Å². The average molecular weight is 385 g/mol. The summed E-state index contributed by atoms with van der Waals surface area (Å²) in [7, 11) is 0. The number of phenolic OH excluding ortho intramolecular Hbond substituents is 1. The van der Waals surface area contributed by atoms with Gasteiger partial charge in [-0.15, -0.1) is 0 Å². The summed E-state index contributed by atoms with van der Waals surface area (Å²) in [5, 5.41) is 14.8. The zero-order chi connectivity index (χ0) is 18.3. The Morgan fingerprint density at radius 1 is 1.19 bits per heavy atom. The molecule has 1 aliphatic heterocycles. The van der Waals surface area contributed by atoms with Crippen LogP contribution in [0.3, 0.4) is 0 Å². The summed E-state index contributed by atoms with van der Waals surface area (Å²) in [6, 6.07) is 14.4. The number of aromatic nitrogens is 2. The fourth-order valence-electron chi connectivity index (χ4n) is 3.32. The van der Waals surface area contributed by atoms with Gasteiger partial charge in [0.05, 0.1) is 17.4 Å². The van der Waals surface area contributed by atoms with E-state index in [1.807, 2.05) is 42.2 Å². The van der Waals surface area contributed by atoms with Crippen LogP contribution in [0.15, 0.2) is 54.7 Å². The van der Waals surface area contributed by atoms with Crippen molar-refractivity contribution in [2.24, 2.45) is 0 Å². The monoisotopic (exact) mass is 384 g/mol. The highest BCUT2D eigenvalue weighted by molar-refractivity contribution is 7.80. The number of rotatable bonds is 3. The highest BCUT2D eigenvalue weighted by atomic mass is 35.5. The van der Waals surface area contributed by atoms with E-state index < -0.39 is 0 Å². The molecule has 3 N–H and O–H groups in total. The minimum atomic E-state index is -0.199. The van der Waals surface area contributed by atoms with Gasteiger partial charge in [0.15, 0.2) is 5.11 Å². The molecule has 5 nitrogen and oxygen atoms in total. The van der Waals surface area contributed by atoms with Crippen LogP contribution in [0.25, 0.3) is 0 Å². The van der Waals surface area contributed by atoms with E-state index in [0.29, 0.717) is 15.8 Å². The lowest BCUT2D eigenvalue weighted by molar-refractivity contribution is 0.472. The standard InChI is InChI=1S/C19H17ClN4OS/c1-11-5-7-14(22-11)18-17(13-4-2-3-9-21-13)23-19(26)24(18)15-10-12(20)6-8-16(15)25/h2-10,17-18,22,25H,1H3,(H,23,26)/t17-,18-/m0/s1. The molecule has 0 bridgehead atoms. The Hall–Kier alpha value is -2.57. The Bertz CT molecular complexity index is 959. The van der Waals surface area contributed by atoms with Crippen molar-refractivity contribution in [3.8, 4) is 5.75 Å². The number of phenols is 1. The lowest BCUT2D eigenvalue weighted by Crippen LogP contribution is -2.29. The number of benzene rings is 1. The van der Waals surface area contributed by atoms with Crippen molar-refractivity contribution in [3.05, 3.63) is 76.8 Å². The molecule has 7 heteroatoms. The van der Waals surface area contributed by atoms with Crippen molar-refractivity contribution in [3.63, 3.8) is 0 Å². The lowest BCUT2D eigenvalue weighted by Gasteiger charge is -2.27. The second-order valence-electron chi connectivity index (χ2n) is 6.23. The molecule has 0 saturated carbocycles. The number of thiocarbonyl (C=S) groups is 1. The first-order valence-corrected chi connectivity index (χ1v) is 8.98. The molecule has 0 amide bonds. The average Bonchev–Trinajstić information content (AvgIpc) is 3.21. The Labute approximate surface area is 161 Å². The Kier molecular flexibility index (Phi) is 4.30. The fraction of sp³-hybridized carbons (Fsp3) is 0.158. The topological polar surface area (TPSA) is 64.2 Å². The maximum Gasteiger partial charge on any atom is 0.174 e. The number of aromatic amines is 1. The summed E-state index contributed by atoms with van der Waals surface area (Å²) in [5.74, 6) is 0.119. The number of H-pyrrole nitrogens is 1. The van der Waals surface area contributed by atoms with E-state index in [1.165, 1.54) is 0 Å². The third-order valence-electron chi connectivity index (χ3n) is 4.47. The molecule has 2 atom stereocenters. The van der Waals surface area contributed by atoms with E-state index >= 15 is 0 Å². The number of nitrogens with zero attached hydrogens (tertiary/aromatic N) is 2. The largest absolute Gasteiger partial charge is 0.506 e. The van der Waals surface area contributed by atoms with Gasteiger partial charge >= 0.3 is 0 Å². The highest BCUT2D eigenvalue weighted by Gasteiger charge is 2.42. The zero-order valence-corrected chi connectivity index (χ0v) is 15.6.